The second-order valence-electron chi connectivity index (χ2n) is 17.1. The number of nitrogens with zero attached hydrogens (tertiary/aromatic N) is 1. The van der Waals surface area contributed by atoms with E-state index in [1.165, 1.54) is 66.8 Å². The fraction of sp³-hybridized carbons (Fsp3) is 0.0492. The zero-order chi connectivity index (χ0) is 42.2. The Kier molecular flexibility index (Phi) is 8.26. The van der Waals surface area contributed by atoms with Crippen molar-refractivity contribution in [3.8, 4) is 39.1 Å². The quantitative estimate of drug-likeness (QED) is 0.160. The van der Waals surface area contributed by atoms with Crippen LogP contribution in [0.25, 0.3) is 60.9 Å². The maximum Gasteiger partial charge on any atom is 0.135 e. The molecule has 0 fully saturated rings. The fourth-order valence-corrected chi connectivity index (χ4v) is 10.7. The lowest BCUT2D eigenvalue weighted by Crippen LogP contribution is -2.31. The van der Waals surface area contributed by atoms with Gasteiger partial charge in [-0.2, -0.15) is 0 Å². The molecule has 10 aromatic rings. The molecule has 0 radical (unpaired) electrons. The summed E-state index contributed by atoms with van der Waals surface area (Å²) in [4.78, 5) is 2.41. The molecule has 0 bridgehead atoms. The molecule has 302 valence electrons. The molecule has 3 aliphatic rings. The van der Waals surface area contributed by atoms with Crippen LogP contribution in [0.2, 0.25) is 0 Å². The van der Waals surface area contributed by atoms with Crippen LogP contribution in [0.15, 0.2) is 241 Å². The third-order valence-electron chi connectivity index (χ3n) is 13.7. The van der Waals surface area contributed by atoms with Crippen LogP contribution in [0.1, 0.15) is 28.7 Å². The van der Waals surface area contributed by atoms with Crippen molar-refractivity contribution in [2.75, 3.05) is 4.90 Å². The summed E-state index contributed by atoms with van der Waals surface area (Å²) in [5.74, 6) is 0.954. The number of hydrogen-bond donors (Lipinski definition) is 0. The van der Waals surface area contributed by atoms with Gasteiger partial charge in [0.05, 0.1) is 5.41 Å². The SMILES string of the molecule is C1=C2c3ccccc3OC2CC=C1C1(c2ccc3oc4ccccc4c3c2)c2ccccc2-c2ccc(N(c3ccc(-c4ccccc4)cc3)c3ccc(-c4ccccc4)cc3)cc21. The molecule has 0 saturated heterocycles. The van der Waals surface area contributed by atoms with E-state index in [9.17, 15) is 0 Å². The minimum absolute atomic E-state index is 0.0193. The normalized spacial score (nSPS) is 16.9. The van der Waals surface area contributed by atoms with Crippen molar-refractivity contribution in [1.29, 1.82) is 0 Å². The third-order valence-corrected chi connectivity index (χ3v) is 13.7. The van der Waals surface area contributed by atoms with Gasteiger partial charge in [-0.3, -0.25) is 0 Å². The first-order chi connectivity index (χ1) is 31.7. The molecule has 2 atom stereocenters. The highest BCUT2D eigenvalue weighted by molar-refractivity contribution is 6.06. The number of ether oxygens (including phenoxy) is 1. The van der Waals surface area contributed by atoms with Gasteiger partial charge < -0.3 is 14.1 Å². The van der Waals surface area contributed by atoms with Gasteiger partial charge in [-0.15, -0.1) is 0 Å². The predicted molar refractivity (Wildman–Crippen MR) is 263 cm³/mol. The summed E-state index contributed by atoms with van der Waals surface area (Å²) in [6.07, 6.45) is 5.64. The zero-order valence-electron chi connectivity index (χ0n) is 35.0. The van der Waals surface area contributed by atoms with E-state index in [0.29, 0.717) is 0 Å². The van der Waals surface area contributed by atoms with Crippen LogP contribution in [0.3, 0.4) is 0 Å². The van der Waals surface area contributed by atoms with E-state index < -0.39 is 5.41 Å². The summed E-state index contributed by atoms with van der Waals surface area (Å²) in [6, 6.07) is 79.1. The Morgan fingerprint density at radius 2 is 1.02 bits per heavy atom. The maximum absolute atomic E-state index is 6.58. The van der Waals surface area contributed by atoms with Gasteiger partial charge in [-0.1, -0.05) is 170 Å². The summed E-state index contributed by atoms with van der Waals surface area (Å²) in [5.41, 5.74) is 19.0. The molecule has 0 amide bonds. The highest BCUT2D eigenvalue weighted by Crippen LogP contribution is 2.60. The highest BCUT2D eigenvalue weighted by atomic mass is 16.5. The largest absolute Gasteiger partial charge is 0.485 e. The molecule has 13 rings (SSSR count). The van der Waals surface area contributed by atoms with E-state index in [4.69, 9.17) is 9.15 Å². The van der Waals surface area contributed by atoms with Gasteiger partial charge >= 0.3 is 0 Å². The fourth-order valence-electron chi connectivity index (χ4n) is 10.7. The van der Waals surface area contributed by atoms with Crippen LogP contribution < -0.4 is 9.64 Å². The molecule has 0 spiro atoms. The highest BCUT2D eigenvalue weighted by Gasteiger charge is 2.49. The van der Waals surface area contributed by atoms with Crippen LogP contribution in [-0.2, 0) is 5.41 Å². The lowest BCUT2D eigenvalue weighted by molar-refractivity contribution is 0.278. The maximum atomic E-state index is 6.58. The molecule has 1 aliphatic heterocycles. The first kappa shape index (κ1) is 36.5. The second kappa shape index (κ2) is 14.5. The molecule has 2 unspecified atom stereocenters. The standard InChI is InChI=1S/C61H41NO2/c1-3-13-40(14-4-1)42-23-29-46(30-24-42)62(47-31-25-43(26-32-47)41-15-5-2-6-16-41)48-33-34-50-49-17-7-10-20-55(49)61(56(50)39-48,44-27-35-59-53(37-44)51-18-8-11-21-57(51)63-59)45-28-36-60-54(38-45)52-19-9-12-22-58(52)64-60/h1-35,37-39,60H,36H2. The molecule has 0 saturated carbocycles. The van der Waals surface area contributed by atoms with Crippen LogP contribution in [0, 0.1) is 0 Å². The number of rotatable bonds is 7. The molecule has 1 aromatic heterocycles. The van der Waals surface area contributed by atoms with E-state index in [-0.39, 0.29) is 6.10 Å². The van der Waals surface area contributed by atoms with Gasteiger partial charge in [0.15, 0.2) is 0 Å². The van der Waals surface area contributed by atoms with Gasteiger partial charge in [-0.05, 0) is 116 Å². The number of benzene rings is 9. The van der Waals surface area contributed by atoms with E-state index in [1.807, 2.05) is 6.07 Å². The van der Waals surface area contributed by atoms with Gasteiger partial charge in [0, 0.05) is 45.4 Å². The van der Waals surface area contributed by atoms with Gasteiger partial charge in [0.1, 0.15) is 23.0 Å². The zero-order valence-corrected chi connectivity index (χ0v) is 35.0. The minimum atomic E-state index is -0.663. The molecule has 2 heterocycles. The summed E-state index contributed by atoms with van der Waals surface area (Å²) in [6.45, 7) is 0. The lowest BCUT2D eigenvalue weighted by Gasteiger charge is -2.37. The van der Waals surface area contributed by atoms with Crippen molar-refractivity contribution in [3.05, 3.63) is 258 Å². The van der Waals surface area contributed by atoms with Crippen molar-refractivity contribution in [2.24, 2.45) is 0 Å². The summed E-state index contributed by atoms with van der Waals surface area (Å²) < 4.78 is 13.0. The first-order valence-electron chi connectivity index (χ1n) is 22.2. The van der Waals surface area contributed by atoms with Crippen LogP contribution in [0.4, 0.5) is 17.1 Å². The van der Waals surface area contributed by atoms with Gasteiger partial charge in [0.25, 0.3) is 0 Å². The first-order valence-corrected chi connectivity index (χ1v) is 22.2. The predicted octanol–water partition coefficient (Wildman–Crippen LogP) is 15.9. The van der Waals surface area contributed by atoms with Gasteiger partial charge in [0.2, 0.25) is 0 Å². The number of hydrogen-bond acceptors (Lipinski definition) is 3. The van der Waals surface area contributed by atoms with Crippen LogP contribution in [-0.4, -0.2) is 6.10 Å². The topological polar surface area (TPSA) is 25.6 Å². The molecular weight excluding hydrogens is 779 g/mol. The van der Waals surface area contributed by atoms with Gasteiger partial charge in [-0.25, -0.2) is 0 Å². The van der Waals surface area contributed by atoms with Crippen molar-refractivity contribution in [2.45, 2.75) is 17.9 Å². The second-order valence-corrected chi connectivity index (χ2v) is 17.1. The van der Waals surface area contributed by atoms with E-state index >= 15 is 0 Å². The third kappa shape index (κ3) is 5.60. The number of para-hydroxylation sites is 2. The Morgan fingerprint density at radius 1 is 0.438 bits per heavy atom. The summed E-state index contributed by atoms with van der Waals surface area (Å²) >= 11 is 0. The number of furan rings is 1. The molecule has 3 nitrogen and oxygen atoms in total. The molecule has 0 N–H and O–H groups in total. The number of anilines is 3. The van der Waals surface area contributed by atoms with E-state index in [1.54, 1.807) is 0 Å². The number of fused-ring (bicyclic) bond motifs is 9. The van der Waals surface area contributed by atoms with Crippen molar-refractivity contribution in [1.82, 2.24) is 0 Å². The summed E-state index contributed by atoms with van der Waals surface area (Å²) in [5, 5.41) is 2.23. The van der Waals surface area contributed by atoms with Crippen molar-refractivity contribution >= 4 is 44.6 Å². The average molecular weight is 820 g/mol. The van der Waals surface area contributed by atoms with E-state index in [2.05, 4.69) is 229 Å². The average Bonchev–Trinajstić information content (AvgIpc) is 4.03. The number of allylic oxidation sites excluding steroid dienone is 2. The Morgan fingerprint density at radius 3 is 1.75 bits per heavy atom. The monoisotopic (exact) mass is 819 g/mol. The molecule has 2 aliphatic carbocycles. The minimum Gasteiger partial charge on any atom is -0.485 e. The Balaban J connectivity index is 1.05. The van der Waals surface area contributed by atoms with Crippen molar-refractivity contribution in [3.63, 3.8) is 0 Å². The smallest absolute Gasteiger partial charge is 0.135 e. The molecule has 9 aromatic carbocycles. The molecule has 64 heavy (non-hydrogen) atoms. The van der Waals surface area contributed by atoms with Crippen LogP contribution in [0.5, 0.6) is 5.75 Å². The Bertz CT molecular complexity index is 3410. The summed E-state index contributed by atoms with van der Waals surface area (Å²) in [7, 11) is 0. The molecule has 3 heteroatoms. The Hall–Kier alpha value is -8.14. The Labute approximate surface area is 372 Å². The van der Waals surface area contributed by atoms with E-state index in [0.717, 1.165) is 51.2 Å². The molecular formula is C61H41NO2. The van der Waals surface area contributed by atoms with Crippen molar-refractivity contribution < 1.29 is 9.15 Å². The lowest BCUT2D eigenvalue weighted by atomic mass is 9.65. The van der Waals surface area contributed by atoms with Crippen LogP contribution >= 0.6 is 0 Å².